The summed E-state index contributed by atoms with van der Waals surface area (Å²) in [5.74, 6) is -0.00995. The molecule has 2 aromatic carbocycles. The summed E-state index contributed by atoms with van der Waals surface area (Å²) in [7, 11) is 4.56. The first-order chi connectivity index (χ1) is 25.5. The van der Waals surface area contributed by atoms with Gasteiger partial charge in [0.25, 0.3) is 5.91 Å². The van der Waals surface area contributed by atoms with Crippen LogP contribution in [0.25, 0.3) is 0 Å². The van der Waals surface area contributed by atoms with Gasteiger partial charge >= 0.3 is 12.0 Å². The highest BCUT2D eigenvalue weighted by Gasteiger charge is 2.44. The Bertz CT molecular complexity index is 1780. The van der Waals surface area contributed by atoms with Gasteiger partial charge in [-0.3, -0.25) is 9.78 Å². The van der Waals surface area contributed by atoms with Gasteiger partial charge in [-0.2, -0.15) is 0 Å². The summed E-state index contributed by atoms with van der Waals surface area (Å²) >= 11 is 12.9. The molecule has 0 spiro atoms. The number of benzene rings is 2. The molecule has 13 nitrogen and oxygen atoms in total. The minimum atomic E-state index is -1.09. The predicted molar refractivity (Wildman–Crippen MR) is 198 cm³/mol. The van der Waals surface area contributed by atoms with Gasteiger partial charge in [-0.25, -0.2) is 9.59 Å². The first-order valence-corrected chi connectivity index (χ1v) is 18.4. The van der Waals surface area contributed by atoms with Gasteiger partial charge in [-0.15, -0.1) is 0 Å². The number of urea groups is 1. The molecule has 1 aromatic heterocycles. The summed E-state index contributed by atoms with van der Waals surface area (Å²) in [4.78, 5) is 49.6. The van der Waals surface area contributed by atoms with E-state index in [1.807, 2.05) is 41.3 Å². The zero-order valence-corrected chi connectivity index (χ0v) is 31.6. The lowest BCUT2D eigenvalue weighted by Gasteiger charge is -2.44. The van der Waals surface area contributed by atoms with Crippen LogP contribution < -0.4 is 19.5 Å². The molecule has 4 heterocycles. The second-order valence-corrected chi connectivity index (χ2v) is 14.6. The molecule has 15 heteroatoms. The van der Waals surface area contributed by atoms with E-state index in [0.717, 1.165) is 30.6 Å². The van der Waals surface area contributed by atoms with Crippen LogP contribution in [0.2, 0.25) is 10.0 Å². The van der Waals surface area contributed by atoms with E-state index in [2.05, 4.69) is 15.2 Å². The average Bonchev–Trinajstić information content (AvgIpc) is 3.63. The molecule has 3 amide bonds. The van der Waals surface area contributed by atoms with E-state index < -0.39 is 23.0 Å². The number of carbonyl (C=O) groups is 3. The zero-order chi connectivity index (χ0) is 37.8. The van der Waals surface area contributed by atoms with Crippen molar-refractivity contribution >= 4 is 41.1 Å². The number of carboxylic acids is 1. The van der Waals surface area contributed by atoms with Gasteiger partial charge in [0.05, 0.1) is 55.8 Å². The van der Waals surface area contributed by atoms with Crippen molar-refractivity contribution in [1.82, 2.24) is 25.0 Å². The second kappa shape index (κ2) is 16.4. The standard InChI is InChI=1S/C38H45Cl2N5O8/c1-50-29-20-25(21-30(51-2)33(29)52-3)34(46)45-17-10-37(24-45,26-7-8-27(39)28(40)22-26)9-14-43-15-11-38(12-16-43,32-6-4-5-13-41-32)42-36(49)44-18-19-53-31(23-44)35(47)48/h4-8,13,20-22,31H,9-12,14-19,23-24H2,1-3H3,(H,42,49)(H,47,48). The molecule has 6 rings (SSSR count). The van der Waals surface area contributed by atoms with Crippen LogP contribution in [0.3, 0.4) is 0 Å². The number of morpholine rings is 1. The number of pyridine rings is 1. The van der Waals surface area contributed by atoms with Crippen molar-refractivity contribution in [2.75, 3.05) is 73.7 Å². The van der Waals surface area contributed by atoms with E-state index in [1.165, 1.54) is 26.2 Å². The van der Waals surface area contributed by atoms with E-state index in [1.54, 1.807) is 18.3 Å². The van der Waals surface area contributed by atoms with Crippen LogP contribution in [0.4, 0.5) is 4.79 Å². The number of hydrogen-bond donors (Lipinski definition) is 2. The Morgan fingerprint density at radius 2 is 1.66 bits per heavy atom. The number of halogens is 2. The molecule has 3 aliphatic rings. The molecular weight excluding hydrogens is 725 g/mol. The Balaban J connectivity index is 1.19. The maximum atomic E-state index is 14.0. The van der Waals surface area contributed by atoms with Crippen molar-refractivity contribution < 1.29 is 38.4 Å². The van der Waals surface area contributed by atoms with Crippen molar-refractivity contribution in [2.24, 2.45) is 0 Å². The second-order valence-electron chi connectivity index (χ2n) is 13.8. The number of likely N-dealkylation sites (tertiary alicyclic amines) is 2. The Morgan fingerprint density at radius 3 is 2.28 bits per heavy atom. The highest BCUT2D eigenvalue weighted by molar-refractivity contribution is 6.42. The molecule has 0 bridgehead atoms. The van der Waals surface area contributed by atoms with Crippen LogP contribution in [0, 0.1) is 0 Å². The Morgan fingerprint density at radius 1 is 0.925 bits per heavy atom. The van der Waals surface area contributed by atoms with Crippen molar-refractivity contribution in [3.8, 4) is 17.2 Å². The van der Waals surface area contributed by atoms with Gasteiger partial charge in [-0.1, -0.05) is 35.3 Å². The molecule has 2 N–H and O–H groups in total. The summed E-state index contributed by atoms with van der Waals surface area (Å²) < 4.78 is 21.8. The van der Waals surface area contributed by atoms with Crippen molar-refractivity contribution in [3.63, 3.8) is 0 Å². The van der Waals surface area contributed by atoms with Gasteiger partial charge < -0.3 is 44.1 Å². The Hall–Kier alpha value is -4.30. The normalized spacial score (nSPS) is 21.6. The number of amides is 3. The number of piperidine rings is 1. The largest absolute Gasteiger partial charge is 0.493 e. The number of methoxy groups -OCH3 is 3. The number of aliphatic carboxylic acids is 1. The predicted octanol–water partition coefficient (Wildman–Crippen LogP) is 5.07. The van der Waals surface area contributed by atoms with Gasteiger partial charge in [0.2, 0.25) is 5.75 Å². The first kappa shape index (κ1) is 38.4. The van der Waals surface area contributed by atoms with Crippen LogP contribution in [-0.4, -0.2) is 123 Å². The van der Waals surface area contributed by atoms with E-state index in [9.17, 15) is 19.5 Å². The van der Waals surface area contributed by atoms with Crippen molar-refractivity contribution in [2.45, 2.75) is 42.7 Å². The summed E-state index contributed by atoms with van der Waals surface area (Å²) in [6.07, 6.45) is 3.34. The van der Waals surface area contributed by atoms with Gasteiger partial charge in [0.15, 0.2) is 17.6 Å². The van der Waals surface area contributed by atoms with Gasteiger partial charge in [0, 0.05) is 49.9 Å². The smallest absolute Gasteiger partial charge is 0.334 e. The maximum absolute atomic E-state index is 14.0. The number of ether oxygens (including phenoxy) is 4. The maximum Gasteiger partial charge on any atom is 0.334 e. The molecular formula is C38H45Cl2N5O8. The summed E-state index contributed by atoms with van der Waals surface area (Å²) in [5, 5.41) is 13.6. The third-order valence-electron chi connectivity index (χ3n) is 10.8. The number of carbonyl (C=O) groups excluding carboxylic acids is 2. The highest BCUT2D eigenvalue weighted by atomic mass is 35.5. The van der Waals surface area contributed by atoms with Crippen LogP contribution in [0.1, 0.15) is 47.3 Å². The van der Waals surface area contributed by atoms with Crippen LogP contribution in [-0.2, 0) is 20.5 Å². The molecule has 0 saturated carbocycles. The number of nitrogens with zero attached hydrogens (tertiary/aromatic N) is 4. The van der Waals surface area contributed by atoms with Gasteiger partial charge in [0.1, 0.15) is 0 Å². The highest BCUT2D eigenvalue weighted by Crippen LogP contribution is 2.43. The third kappa shape index (κ3) is 8.13. The quantitative estimate of drug-likeness (QED) is 0.271. The number of hydrogen-bond acceptors (Lipinski definition) is 9. The first-order valence-electron chi connectivity index (χ1n) is 17.6. The lowest BCUT2D eigenvalue weighted by Crippen LogP contribution is -2.59. The minimum absolute atomic E-state index is 0.0263. The molecule has 3 aliphatic heterocycles. The lowest BCUT2D eigenvalue weighted by atomic mass is 9.76. The number of aromatic nitrogens is 1. The number of nitrogens with one attached hydrogen (secondary N) is 1. The van der Waals surface area contributed by atoms with Crippen molar-refractivity contribution in [3.05, 3.63) is 81.6 Å². The molecule has 53 heavy (non-hydrogen) atoms. The SMILES string of the molecule is COc1cc(C(=O)N2CCC(CCN3CCC(NC(=O)N4CCOC(C(=O)O)C4)(c4ccccn4)CC3)(c3ccc(Cl)c(Cl)c3)C2)cc(OC)c1OC. The van der Waals surface area contributed by atoms with Crippen LogP contribution in [0.15, 0.2) is 54.7 Å². The monoisotopic (exact) mass is 769 g/mol. The molecule has 3 saturated heterocycles. The topological polar surface area (TPSA) is 143 Å². The fraction of sp³-hybridized carbons (Fsp3) is 0.474. The number of carboxylic acid groups (broad SMARTS) is 1. The summed E-state index contributed by atoms with van der Waals surface area (Å²) in [6.45, 7) is 3.54. The van der Waals surface area contributed by atoms with Crippen molar-refractivity contribution in [1.29, 1.82) is 0 Å². The average molecular weight is 771 g/mol. The lowest BCUT2D eigenvalue weighted by molar-refractivity contribution is -0.154. The molecule has 2 atom stereocenters. The fourth-order valence-electron chi connectivity index (χ4n) is 7.73. The molecule has 0 radical (unpaired) electrons. The molecule has 3 fully saturated rings. The molecule has 3 aromatic rings. The van der Waals surface area contributed by atoms with E-state index in [-0.39, 0.29) is 25.1 Å². The van der Waals surface area contributed by atoms with E-state index in [4.69, 9.17) is 42.1 Å². The summed E-state index contributed by atoms with van der Waals surface area (Å²) in [5.41, 5.74) is 1.09. The van der Waals surface area contributed by atoms with Gasteiger partial charge in [-0.05, 0) is 74.2 Å². The van der Waals surface area contributed by atoms with E-state index in [0.29, 0.717) is 78.4 Å². The zero-order valence-electron chi connectivity index (χ0n) is 30.1. The molecule has 2 unspecified atom stereocenters. The molecule has 284 valence electrons. The third-order valence-corrected chi connectivity index (χ3v) is 11.6. The van der Waals surface area contributed by atoms with Crippen LogP contribution in [0.5, 0.6) is 17.2 Å². The Kier molecular flexibility index (Phi) is 11.9. The molecule has 0 aliphatic carbocycles. The number of rotatable bonds is 11. The minimum Gasteiger partial charge on any atom is -0.493 e. The fourth-order valence-corrected chi connectivity index (χ4v) is 8.03. The van der Waals surface area contributed by atoms with E-state index >= 15 is 0 Å². The summed E-state index contributed by atoms with van der Waals surface area (Å²) in [6, 6.07) is 14.4. The van der Waals surface area contributed by atoms with Crippen LogP contribution >= 0.6 is 23.2 Å². The Labute approximate surface area is 319 Å².